The van der Waals surface area contributed by atoms with Gasteiger partial charge in [-0.05, 0) is 51.1 Å². The summed E-state index contributed by atoms with van der Waals surface area (Å²) in [4.78, 5) is 24.8. The van der Waals surface area contributed by atoms with Crippen molar-refractivity contribution in [2.24, 2.45) is 0 Å². The lowest BCUT2D eigenvalue weighted by Gasteiger charge is -2.06. The molecule has 3 rings (SSSR count). The molecule has 0 saturated heterocycles. The Kier molecular flexibility index (Phi) is 3.35. The molecule has 1 aliphatic heterocycles. The third kappa shape index (κ3) is 2.25. The predicted molar refractivity (Wildman–Crippen MR) is 82.2 cm³/mol. The summed E-state index contributed by atoms with van der Waals surface area (Å²) in [6.07, 6.45) is 0. The molecule has 20 heavy (non-hydrogen) atoms. The van der Waals surface area contributed by atoms with Gasteiger partial charge in [-0.15, -0.1) is 11.3 Å². The first-order valence-corrected chi connectivity index (χ1v) is 7.67. The number of carbonyl (C=O) groups is 2. The SMILES string of the molecule is CN1C(=O)c2ccc(NCc3csc(Br)c3)cc2C1=O. The Morgan fingerprint density at radius 2 is 1.95 bits per heavy atom. The summed E-state index contributed by atoms with van der Waals surface area (Å²) < 4.78 is 1.09. The molecule has 1 aromatic heterocycles. The zero-order valence-electron chi connectivity index (χ0n) is 10.6. The molecule has 1 aliphatic rings. The molecule has 0 bridgehead atoms. The summed E-state index contributed by atoms with van der Waals surface area (Å²) in [6, 6.07) is 7.31. The Hall–Kier alpha value is -1.66. The summed E-state index contributed by atoms with van der Waals surface area (Å²) >= 11 is 5.05. The molecule has 0 spiro atoms. The number of imide groups is 1. The van der Waals surface area contributed by atoms with Crippen molar-refractivity contribution in [1.82, 2.24) is 4.90 Å². The Morgan fingerprint density at radius 3 is 2.65 bits per heavy atom. The molecule has 1 N–H and O–H groups in total. The summed E-state index contributed by atoms with van der Waals surface area (Å²) in [5.74, 6) is -0.481. The third-order valence-corrected chi connectivity index (χ3v) is 4.76. The summed E-state index contributed by atoms with van der Waals surface area (Å²) in [6.45, 7) is 0.679. The van der Waals surface area contributed by atoms with Crippen molar-refractivity contribution in [1.29, 1.82) is 0 Å². The van der Waals surface area contributed by atoms with Crippen molar-refractivity contribution in [2.75, 3.05) is 12.4 Å². The Morgan fingerprint density at radius 1 is 1.20 bits per heavy atom. The van der Waals surface area contributed by atoms with Crippen molar-refractivity contribution in [3.63, 3.8) is 0 Å². The topological polar surface area (TPSA) is 49.4 Å². The van der Waals surface area contributed by atoms with Gasteiger partial charge in [0.25, 0.3) is 11.8 Å². The van der Waals surface area contributed by atoms with Gasteiger partial charge < -0.3 is 5.32 Å². The number of hydrogen-bond acceptors (Lipinski definition) is 4. The molecule has 1 aromatic carbocycles. The van der Waals surface area contributed by atoms with E-state index in [0.29, 0.717) is 17.7 Å². The van der Waals surface area contributed by atoms with Crippen molar-refractivity contribution >= 4 is 44.8 Å². The number of amides is 2. The Bertz CT molecular complexity index is 711. The monoisotopic (exact) mass is 350 g/mol. The van der Waals surface area contributed by atoms with Crippen LogP contribution in [0.4, 0.5) is 5.69 Å². The van der Waals surface area contributed by atoms with Gasteiger partial charge in [0.2, 0.25) is 0 Å². The van der Waals surface area contributed by atoms with Crippen LogP contribution < -0.4 is 5.32 Å². The van der Waals surface area contributed by atoms with Crippen LogP contribution in [0.1, 0.15) is 26.3 Å². The summed E-state index contributed by atoms with van der Waals surface area (Å²) in [5.41, 5.74) is 2.94. The highest BCUT2D eigenvalue weighted by Gasteiger charge is 2.32. The number of rotatable bonds is 3. The number of carbonyl (C=O) groups excluding carboxylic acids is 2. The molecule has 2 aromatic rings. The van der Waals surface area contributed by atoms with Gasteiger partial charge in [0.05, 0.1) is 14.9 Å². The predicted octanol–water partition coefficient (Wildman–Crippen LogP) is 3.35. The third-order valence-electron chi connectivity index (χ3n) is 3.21. The molecule has 102 valence electrons. The highest BCUT2D eigenvalue weighted by Crippen LogP contribution is 2.26. The van der Waals surface area contributed by atoms with Crippen LogP contribution >= 0.6 is 27.3 Å². The van der Waals surface area contributed by atoms with Crippen molar-refractivity contribution in [3.05, 3.63) is 50.1 Å². The lowest BCUT2D eigenvalue weighted by Crippen LogP contribution is -2.24. The van der Waals surface area contributed by atoms with Gasteiger partial charge in [0, 0.05) is 19.3 Å². The maximum absolute atomic E-state index is 11.9. The minimum Gasteiger partial charge on any atom is -0.381 e. The zero-order valence-corrected chi connectivity index (χ0v) is 13.0. The van der Waals surface area contributed by atoms with Crippen molar-refractivity contribution in [3.8, 4) is 0 Å². The molecule has 6 heteroatoms. The maximum atomic E-state index is 11.9. The van der Waals surface area contributed by atoms with Gasteiger partial charge in [-0.2, -0.15) is 0 Å². The second-order valence-corrected chi connectivity index (χ2v) is 6.83. The first-order chi connectivity index (χ1) is 9.56. The highest BCUT2D eigenvalue weighted by atomic mass is 79.9. The van der Waals surface area contributed by atoms with Crippen LogP contribution in [0.25, 0.3) is 0 Å². The minimum atomic E-state index is -0.244. The lowest BCUT2D eigenvalue weighted by atomic mass is 10.1. The van der Waals surface area contributed by atoms with Crippen LogP contribution in [-0.4, -0.2) is 23.8 Å². The lowest BCUT2D eigenvalue weighted by molar-refractivity contribution is 0.0693. The fourth-order valence-electron chi connectivity index (χ4n) is 2.11. The minimum absolute atomic E-state index is 0.238. The summed E-state index contributed by atoms with van der Waals surface area (Å²) in [5, 5.41) is 5.32. The van der Waals surface area contributed by atoms with E-state index in [4.69, 9.17) is 0 Å². The normalized spacial score (nSPS) is 13.8. The molecule has 4 nitrogen and oxygen atoms in total. The molecule has 2 heterocycles. The van der Waals surface area contributed by atoms with Crippen LogP contribution in [0.2, 0.25) is 0 Å². The number of anilines is 1. The molecular formula is C14H11BrN2O2S. The molecule has 0 saturated carbocycles. The van der Waals surface area contributed by atoms with E-state index in [2.05, 4.69) is 26.6 Å². The fourth-order valence-corrected chi connectivity index (χ4v) is 3.32. The quantitative estimate of drug-likeness (QED) is 0.863. The van der Waals surface area contributed by atoms with Gasteiger partial charge in [-0.25, -0.2) is 0 Å². The van der Waals surface area contributed by atoms with E-state index in [1.807, 2.05) is 12.1 Å². The number of hydrogen-bond donors (Lipinski definition) is 1. The fraction of sp³-hybridized carbons (Fsp3) is 0.143. The van der Waals surface area contributed by atoms with Gasteiger partial charge in [0.15, 0.2) is 0 Å². The molecule has 0 atom stereocenters. The summed E-state index contributed by atoms with van der Waals surface area (Å²) in [7, 11) is 1.50. The molecule has 2 amide bonds. The molecular weight excluding hydrogens is 340 g/mol. The molecule has 0 unspecified atom stereocenters. The maximum Gasteiger partial charge on any atom is 0.261 e. The number of halogens is 1. The van der Waals surface area contributed by atoms with E-state index in [1.54, 1.807) is 23.5 Å². The van der Waals surface area contributed by atoms with Gasteiger partial charge in [-0.3, -0.25) is 14.5 Å². The Balaban J connectivity index is 1.80. The zero-order chi connectivity index (χ0) is 14.3. The van der Waals surface area contributed by atoms with Gasteiger partial charge >= 0.3 is 0 Å². The van der Waals surface area contributed by atoms with Crippen molar-refractivity contribution < 1.29 is 9.59 Å². The number of thiophene rings is 1. The van der Waals surface area contributed by atoms with Crippen LogP contribution in [0.5, 0.6) is 0 Å². The first kappa shape index (κ1) is 13.3. The average Bonchev–Trinajstić information content (AvgIpc) is 2.95. The average molecular weight is 351 g/mol. The number of nitrogens with one attached hydrogen (secondary N) is 1. The molecule has 0 radical (unpaired) electrons. The van der Waals surface area contributed by atoms with Crippen molar-refractivity contribution in [2.45, 2.75) is 6.54 Å². The highest BCUT2D eigenvalue weighted by molar-refractivity contribution is 9.11. The first-order valence-electron chi connectivity index (χ1n) is 5.99. The van der Waals surface area contributed by atoms with Gasteiger partial charge in [0.1, 0.15) is 0 Å². The van der Waals surface area contributed by atoms with E-state index in [0.717, 1.165) is 14.4 Å². The second kappa shape index (κ2) is 5.03. The Labute approximate surface area is 128 Å². The number of benzene rings is 1. The van der Waals surface area contributed by atoms with E-state index in [-0.39, 0.29) is 11.8 Å². The van der Waals surface area contributed by atoms with Crippen LogP contribution in [0.15, 0.2) is 33.4 Å². The van der Waals surface area contributed by atoms with Gasteiger partial charge in [-0.1, -0.05) is 0 Å². The molecule has 0 fully saturated rings. The number of nitrogens with zero attached hydrogens (tertiary/aromatic N) is 1. The van der Waals surface area contributed by atoms with E-state index < -0.39 is 0 Å². The number of fused-ring (bicyclic) bond motifs is 1. The molecule has 0 aliphatic carbocycles. The van der Waals surface area contributed by atoms with E-state index in [9.17, 15) is 9.59 Å². The second-order valence-electron chi connectivity index (χ2n) is 4.54. The standard InChI is InChI=1S/C14H11BrN2O2S/c1-17-13(18)10-3-2-9(5-11(10)14(17)19)16-6-8-4-12(15)20-7-8/h2-5,7,16H,6H2,1H3. The van der Waals surface area contributed by atoms with Crippen LogP contribution in [0, 0.1) is 0 Å². The van der Waals surface area contributed by atoms with Crippen LogP contribution in [0.3, 0.4) is 0 Å². The smallest absolute Gasteiger partial charge is 0.261 e. The van der Waals surface area contributed by atoms with Crippen LogP contribution in [-0.2, 0) is 6.54 Å². The largest absolute Gasteiger partial charge is 0.381 e. The van der Waals surface area contributed by atoms with E-state index >= 15 is 0 Å². The van der Waals surface area contributed by atoms with E-state index in [1.165, 1.54) is 12.6 Å².